The molecular formula is C23H41N5O5S. The molecule has 10 nitrogen and oxygen atoms in total. The van der Waals surface area contributed by atoms with E-state index in [1.807, 2.05) is 34.6 Å². The average Bonchev–Trinajstić information content (AvgIpc) is 2.87. The van der Waals surface area contributed by atoms with Crippen molar-refractivity contribution in [2.24, 2.45) is 11.3 Å². The molecule has 1 rings (SSSR count). The monoisotopic (exact) mass is 499 g/mol. The molecule has 1 heterocycles. The molecule has 0 aromatic rings. The van der Waals surface area contributed by atoms with Crippen LogP contribution in [0.1, 0.15) is 61.3 Å². The highest BCUT2D eigenvalue weighted by Crippen LogP contribution is 2.26. The van der Waals surface area contributed by atoms with Gasteiger partial charge in [-0.2, -0.15) is 12.6 Å². The highest BCUT2D eigenvalue weighted by atomic mass is 32.1. The number of likely N-dealkylation sites (N-methyl/N-ethyl adjacent to an activating group) is 2. The molecule has 6 amide bonds. The summed E-state index contributed by atoms with van der Waals surface area (Å²) in [6, 6.07) is -2.07. The Labute approximate surface area is 208 Å². The van der Waals surface area contributed by atoms with Gasteiger partial charge in [0.2, 0.25) is 17.7 Å². The number of nitrogens with one attached hydrogen (secondary N) is 3. The van der Waals surface area contributed by atoms with E-state index in [0.29, 0.717) is 6.42 Å². The minimum absolute atomic E-state index is 0.0385. The lowest BCUT2D eigenvalue weighted by atomic mass is 9.85. The summed E-state index contributed by atoms with van der Waals surface area (Å²) in [4.78, 5) is 65.6. The maximum Gasteiger partial charge on any atom is 0.327 e. The number of thiol groups is 1. The molecule has 0 aromatic carbocycles. The van der Waals surface area contributed by atoms with E-state index in [0.717, 1.165) is 4.90 Å². The van der Waals surface area contributed by atoms with E-state index >= 15 is 0 Å². The van der Waals surface area contributed by atoms with Crippen molar-refractivity contribution in [3.05, 3.63) is 0 Å². The van der Waals surface area contributed by atoms with Gasteiger partial charge >= 0.3 is 6.03 Å². The molecule has 0 aromatic heterocycles. The molecule has 1 aliphatic heterocycles. The smallest absolute Gasteiger partial charge is 0.327 e. The van der Waals surface area contributed by atoms with Crippen molar-refractivity contribution in [1.29, 1.82) is 0 Å². The van der Waals surface area contributed by atoms with Gasteiger partial charge in [-0.3, -0.25) is 24.1 Å². The lowest BCUT2D eigenvalue weighted by molar-refractivity contribution is -0.134. The van der Waals surface area contributed by atoms with Crippen LogP contribution >= 0.6 is 12.6 Å². The molecule has 0 bridgehead atoms. The summed E-state index contributed by atoms with van der Waals surface area (Å²) < 4.78 is 0. The third-order valence-corrected chi connectivity index (χ3v) is 6.55. The highest BCUT2D eigenvalue weighted by molar-refractivity contribution is 7.81. The molecule has 0 aliphatic carbocycles. The lowest BCUT2D eigenvalue weighted by Gasteiger charge is -2.32. The predicted octanol–water partition coefficient (Wildman–Crippen LogP) is 1.16. The average molecular weight is 500 g/mol. The Morgan fingerprint density at radius 2 is 1.59 bits per heavy atom. The van der Waals surface area contributed by atoms with E-state index in [-0.39, 0.29) is 30.7 Å². The molecule has 0 spiro atoms. The Morgan fingerprint density at radius 3 is 2.00 bits per heavy atom. The molecule has 0 unspecified atom stereocenters. The van der Waals surface area contributed by atoms with Gasteiger partial charge in [0.25, 0.3) is 5.91 Å². The maximum atomic E-state index is 13.0. The minimum atomic E-state index is -0.944. The van der Waals surface area contributed by atoms with Crippen LogP contribution in [0, 0.1) is 11.3 Å². The van der Waals surface area contributed by atoms with E-state index < -0.39 is 46.1 Å². The van der Waals surface area contributed by atoms with Crippen LogP contribution in [0.2, 0.25) is 0 Å². The molecule has 34 heavy (non-hydrogen) atoms. The first-order valence-electron chi connectivity index (χ1n) is 11.5. The number of nitrogens with zero attached hydrogens (tertiary/aromatic N) is 2. The van der Waals surface area contributed by atoms with Crippen LogP contribution in [0.3, 0.4) is 0 Å². The number of amides is 6. The largest absolute Gasteiger partial charge is 0.357 e. The van der Waals surface area contributed by atoms with Crippen molar-refractivity contribution in [2.45, 2.75) is 84.2 Å². The Morgan fingerprint density at radius 1 is 1.03 bits per heavy atom. The van der Waals surface area contributed by atoms with E-state index in [1.54, 1.807) is 20.9 Å². The second-order valence-electron chi connectivity index (χ2n) is 10.8. The van der Waals surface area contributed by atoms with Crippen LogP contribution in [0.4, 0.5) is 4.79 Å². The predicted molar refractivity (Wildman–Crippen MR) is 133 cm³/mol. The topological polar surface area (TPSA) is 128 Å². The van der Waals surface area contributed by atoms with E-state index in [9.17, 15) is 24.0 Å². The van der Waals surface area contributed by atoms with E-state index in [4.69, 9.17) is 0 Å². The standard InChI is InChI=1S/C23H41N5O5S/c1-13(2)12-14(17(29)26-16(19(31)24-8)22(3,4)5)25-18(30)15(34)10-11-28-20(32)23(6,7)27(9)21(28)33/h13-16,34H,10-12H2,1-9H3,(H,24,31)(H,25,30)(H,26,29)/t14-,15+,16+/m0/s1. The van der Waals surface area contributed by atoms with Crippen LogP contribution in [0.5, 0.6) is 0 Å². The number of hydrogen-bond donors (Lipinski definition) is 4. The summed E-state index contributed by atoms with van der Waals surface area (Å²) in [6.07, 6.45) is 0.500. The van der Waals surface area contributed by atoms with Crippen LogP contribution in [-0.2, 0) is 19.2 Å². The number of urea groups is 1. The molecule has 1 saturated heterocycles. The van der Waals surface area contributed by atoms with Crippen molar-refractivity contribution < 1.29 is 24.0 Å². The van der Waals surface area contributed by atoms with Crippen LogP contribution in [0.15, 0.2) is 0 Å². The Hall–Kier alpha value is -2.30. The van der Waals surface area contributed by atoms with Gasteiger partial charge in [-0.15, -0.1) is 0 Å². The fourth-order valence-electron chi connectivity index (χ4n) is 3.59. The van der Waals surface area contributed by atoms with Gasteiger partial charge in [-0.25, -0.2) is 4.79 Å². The molecule has 1 aliphatic rings. The molecular weight excluding hydrogens is 458 g/mol. The lowest BCUT2D eigenvalue weighted by Crippen LogP contribution is -2.58. The van der Waals surface area contributed by atoms with Crippen LogP contribution < -0.4 is 16.0 Å². The van der Waals surface area contributed by atoms with Crippen molar-refractivity contribution in [3.8, 4) is 0 Å². The second kappa shape index (κ2) is 11.4. The number of imide groups is 1. The first-order chi connectivity index (χ1) is 15.4. The van der Waals surface area contributed by atoms with Gasteiger partial charge < -0.3 is 20.9 Å². The minimum Gasteiger partial charge on any atom is -0.357 e. The third kappa shape index (κ3) is 7.10. The highest BCUT2D eigenvalue weighted by Gasteiger charge is 2.49. The first-order valence-corrected chi connectivity index (χ1v) is 12.1. The van der Waals surface area contributed by atoms with Gasteiger partial charge in [0.05, 0.1) is 5.25 Å². The number of carbonyl (C=O) groups excluding carboxylic acids is 5. The van der Waals surface area contributed by atoms with Gasteiger partial charge in [-0.05, 0) is 38.0 Å². The fourth-order valence-corrected chi connectivity index (χ4v) is 3.78. The summed E-state index contributed by atoms with van der Waals surface area (Å²) in [7, 11) is 3.06. The number of rotatable bonds is 10. The van der Waals surface area contributed by atoms with Crippen LogP contribution in [0.25, 0.3) is 0 Å². The van der Waals surface area contributed by atoms with Gasteiger partial charge in [0.1, 0.15) is 17.6 Å². The second-order valence-corrected chi connectivity index (χ2v) is 11.4. The van der Waals surface area contributed by atoms with Crippen molar-refractivity contribution in [1.82, 2.24) is 25.8 Å². The van der Waals surface area contributed by atoms with E-state index in [2.05, 4.69) is 28.6 Å². The summed E-state index contributed by atoms with van der Waals surface area (Å²) in [6.45, 7) is 12.7. The van der Waals surface area contributed by atoms with Crippen LogP contribution in [-0.4, -0.2) is 83.0 Å². The molecule has 3 atom stereocenters. The molecule has 194 valence electrons. The van der Waals surface area contributed by atoms with Gasteiger partial charge in [0, 0.05) is 20.6 Å². The summed E-state index contributed by atoms with van der Waals surface area (Å²) in [5.74, 6) is -1.50. The summed E-state index contributed by atoms with van der Waals surface area (Å²) in [5, 5.41) is 7.21. The molecule has 3 N–H and O–H groups in total. The SMILES string of the molecule is CNC(=O)[C@@H](NC(=O)[C@H](CC(C)C)NC(=O)[C@H](S)CCN1C(=O)N(C)C(C)(C)C1=O)C(C)(C)C. The summed E-state index contributed by atoms with van der Waals surface area (Å²) >= 11 is 4.35. The zero-order valence-electron chi connectivity index (χ0n) is 21.8. The van der Waals surface area contributed by atoms with Crippen molar-refractivity contribution >= 4 is 42.3 Å². The Kier molecular flexibility index (Phi) is 9.98. The first kappa shape index (κ1) is 29.7. The maximum absolute atomic E-state index is 13.0. The molecule has 1 fully saturated rings. The normalized spacial score (nSPS) is 18.6. The molecule has 11 heteroatoms. The quantitative estimate of drug-likeness (QED) is 0.265. The Bertz CT molecular complexity index is 808. The Balaban J connectivity index is 2.86. The molecule has 0 radical (unpaired) electrons. The van der Waals surface area contributed by atoms with Crippen molar-refractivity contribution in [3.63, 3.8) is 0 Å². The fraction of sp³-hybridized carbons (Fsp3) is 0.783. The zero-order valence-corrected chi connectivity index (χ0v) is 22.7. The third-order valence-electron chi connectivity index (χ3n) is 6.05. The zero-order chi connectivity index (χ0) is 26.6. The number of hydrogen-bond acceptors (Lipinski definition) is 6. The molecule has 0 saturated carbocycles. The van der Waals surface area contributed by atoms with Crippen molar-refractivity contribution in [2.75, 3.05) is 20.6 Å². The van der Waals surface area contributed by atoms with Gasteiger partial charge in [0.15, 0.2) is 0 Å². The van der Waals surface area contributed by atoms with Gasteiger partial charge in [-0.1, -0.05) is 34.6 Å². The van der Waals surface area contributed by atoms with E-state index in [1.165, 1.54) is 11.9 Å². The number of carbonyl (C=O) groups is 5. The summed E-state index contributed by atoms with van der Waals surface area (Å²) in [5.41, 5.74) is -1.48.